The molecule has 1 aromatic carbocycles. The number of hydrogen-bond acceptors (Lipinski definition) is 3. The number of carbonyl (C=O) groups is 2. The average Bonchev–Trinajstić information content (AvgIpc) is 2.49. The number of benzene rings is 1. The van der Waals surface area contributed by atoms with Gasteiger partial charge in [-0.3, -0.25) is 9.59 Å². The van der Waals surface area contributed by atoms with Gasteiger partial charge in [0.1, 0.15) is 5.75 Å². The fraction of sp³-hybridized carbons (Fsp3) is 0.619. The summed E-state index contributed by atoms with van der Waals surface area (Å²) >= 11 is 0. The molecule has 0 radical (unpaired) electrons. The number of aliphatic carboxylic acids is 2. The van der Waals surface area contributed by atoms with Gasteiger partial charge in [0.2, 0.25) is 0 Å². The summed E-state index contributed by atoms with van der Waals surface area (Å²) < 4.78 is 5.73. The van der Waals surface area contributed by atoms with Crippen molar-refractivity contribution in [1.29, 1.82) is 0 Å². The average molecular weight is 364 g/mol. The van der Waals surface area contributed by atoms with E-state index in [1.165, 1.54) is 0 Å². The molecule has 2 atom stereocenters. The highest BCUT2D eigenvalue weighted by Crippen LogP contribution is 2.36. The lowest BCUT2D eigenvalue weighted by Gasteiger charge is -2.24. The Kier molecular flexibility index (Phi) is 8.12. The van der Waals surface area contributed by atoms with Crippen molar-refractivity contribution in [3.63, 3.8) is 0 Å². The minimum atomic E-state index is -0.935. The van der Waals surface area contributed by atoms with E-state index in [0.29, 0.717) is 29.7 Å². The van der Waals surface area contributed by atoms with E-state index in [4.69, 9.17) is 4.74 Å². The second-order valence-electron chi connectivity index (χ2n) is 8.00. The summed E-state index contributed by atoms with van der Waals surface area (Å²) in [5, 5.41) is 19.5. The lowest BCUT2D eigenvalue weighted by molar-refractivity contribution is -0.140. The number of carboxylic acid groups (broad SMARTS) is 2. The molecule has 2 unspecified atom stereocenters. The van der Waals surface area contributed by atoms with Crippen molar-refractivity contribution in [1.82, 2.24) is 0 Å². The van der Waals surface area contributed by atoms with Crippen LogP contribution in [-0.2, 0) is 9.59 Å². The van der Waals surface area contributed by atoms with Crippen molar-refractivity contribution in [3.05, 3.63) is 29.3 Å². The van der Waals surface area contributed by atoms with E-state index in [-0.39, 0.29) is 17.9 Å². The minimum Gasteiger partial charge on any atom is -0.491 e. The maximum Gasteiger partial charge on any atom is 0.310 e. The minimum absolute atomic E-state index is 0.0481. The normalized spacial score (nSPS) is 13.9. The maximum atomic E-state index is 11.9. The third kappa shape index (κ3) is 6.36. The Bertz CT molecular complexity index is 619. The van der Waals surface area contributed by atoms with E-state index < -0.39 is 23.8 Å². The van der Waals surface area contributed by atoms with Crippen molar-refractivity contribution in [2.24, 2.45) is 11.8 Å². The number of rotatable bonds is 10. The fourth-order valence-corrected chi connectivity index (χ4v) is 3.18. The van der Waals surface area contributed by atoms with E-state index in [1.54, 1.807) is 18.2 Å². The summed E-state index contributed by atoms with van der Waals surface area (Å²) in [6, 6.07) is 5.18. The Balaban J connectivity index is 3.51. The smallest absolute Gasteiger partial charge is 0.310 e. The van der Waals surface area contributed by atoms with Gasteiger partial charge in [0.25, 0.3) is 0 Å². The Morgan fingerprint density at radius 2 is 1.31 bits per heavy atom. The van der Waals surface area contributed by atoms with E-state index in [1.807, 2.05) is 41.5 Å². The van der Waals surface area contributed by atoms with Crippen LogP contribution in [0.3, 0.4) is 0 Å². The summed E-state index contributed by atoms with van der Waals surface area (Å²) in [6.45, 7) is 11.7. The fourth-order valence-electron chi connectivity index (χ4n) is 3.18. The molecule has 5 heteroatoms. The predicted octanol–water partition coefficient (Wildman–Crippen LogP) is 4.90. The summed E-state index contributed by atoms with van der Waals surface area (Å²) in [5.74, 6) is -2.42. The first-order valence-corrected chi connectivity index (χ1v) is 9.29. The van der Waals surface area contributed by atoms with E-state index >= 15 is 0 Å². The van der Waals surface area contributed by atoms with Crippen LogP contribution in [0.25, 0.3) is 0 Å². The van der Waals surface area contributed by atoms with Gasteiger partial charge in [-0.25, -0.2) is 0 Å². The summed E-state index contributed by atoms with van der Waals surface area (Å²) in [4.78, 5) is 23.8. The van der Waals surface area contributed by atoms with Crippen molar-refractivity contribution < 1.29 is 24.5 Å². The van der Waals surface area contributed by atoms with Gasteiger partial charge in [-0.05, 0) is 61.8 Å². The molecule has 0 aromatic heterocycles. The zero-order valence-corrected chi connectivity index (χ0v) is 16.7. The predicted molar refractivity (Wildman–Crippen MR) is 102 cm³/mol. The molecule has 146 valence electrons. The molecule has 5 nitrogen and oxygen atoms in total. The van der Waals surface area contributed by atoms with E-state index in [9.17, 15) is 19.8 Å². The molecule has 2 N–H and O–H groups in total. The lowest BCUT2D eigenvalue weighted by atomic mass is 9.81. The Morgan fingerprint density at radius 1 is 0.846 bits per heavy atom. The lowest BCUT2D eigenvalue weighted by Crippen LogP contribution is -2.21. The molecule has 0 aliphatic carbocycles. The van der Waals surface area contributed by atoms with Gasteiger partial charge in [0.15, 0.2) is 0 Å². The van der Waals surface area contributed by atoms with Gasteiger partial charge in [-0.15, -0.1) is 0 Å². The van der Waals surface area contributed by atoms with Gasteiger partial charge in [0.05, 0.1) is 17.9 Å². The standard InChI is InChI=1S/C21H32O5/c1-12(2)9-18(20(22)23)16-8-7-15(26-14(5)6)11-17(16)19(21(24)25)10-13(3)4/h7-8,11-14,18-19H,9-10H2,1-6H3,(H,22,23)(H,24,25). The van der Waals surface area contributed by atoms with Crippen molar-refractivity contribution in [2.75, 3.05) is 0 Å². The molecule has 0 amide bonds. The highest BCUT2D eigenvalue weighted by molar-refractivity contribution is 5.81. The van der Waals surface area contributed by atoms with Crippen molar-refractivity contribution in [2.45, 2.75) is 72.3 Å². The highest BCUT2D eigenvalue weighted by Gasteiger charge is 2.30. The van der Waals surface area contributed by atoms with Gasteiger partial charge in [-0.1, -0.05) is 33.8 Å². The monoisotopic (exact) mass is 364 g/mol. The molecule has 0 spiro atoms. The Morgan fingerprint density at radius 3 is 1.69 bits per heavy atom. The molecule has 0 aliphatic heterocycles. The van der Waals surface area contributed by atoms with Crippen LogP contribution in [0.5, 0.6) is 5.75 Å². The maximum absolute atomic E-state index is 11.9. The first kappa shape index (κ1) is 22.0. The number of ether oxygens (including phenoxy) is 1. The first-order valence-electron chi connectivity index (χ1n) is 9.29. The molecule has 1 aromatic rings. The van der Waals surface area contributed by atoms with Crippen LogP contribution >= 0.6 is 0 Å². The van der Waals surface area contributed by atoms with Gasteiger partial charge < -0.3 is 14.9 Å². The molecular weight excluding hydrogens is 332 g/mol. The van der Waals surface area contributed by atoms with Crippen molar-refractivity contribution in [3.8, 4) is 5.75 Å². The topological polar surface area (TPSA) is 83.8 Å². The number of hydrogen-bond donors (Lipinski definition) is 2. The van der Waals surface area contributed by atoms with Crippen LogP contribution in [0.15, 0.2) is 18.2 Å². The van der Waals surface area contributed by atoms with Gasteiger partial charge in [-0.2, -0.15) is 0 Å². The molecule has 0 aliphatic rings. The van der Waals surface area contributed by atoms with Gasteiger partial charge in [0, 0.05) is 0 Å². The summed E-state index contributed by atoms with van der Waals surface area (Å²) in [7, 11) is 0. The number of carboxylic acids is 2. The molecular formula is C21H32O5. The molecule has 0 bridgehead atoms. The summed E-state index contributed by atoms with van der Waals surface area (Å²) in [6.07, 6.45) is 0.857. The highest BCUT2D eigenvalue weighted by atomic mass is 16.5. The summed E-state index contributed by atoms with van der Waals surface area (Å²) in [5.41, 5.74) is 1.13. The molecule has 0 saturated heterocycles. The SMILES string of the molecule is CC(C)CC(C(=O)O)c1ccc(OC(C)C)cc1C(CC(C)C)C(=O)O. The molecule has 0 heterocycles. The first-order chi connectivity index (χ1) is 12.0. The molecule has 0 fully saturated rings. The van der Waals surface area contributed by atoms with Crippen molar-refractivity contribution >= 4 is 11.9 Å². The Labute approximate surface area is 156 Å². The third-order valence-electron chi connectivity index (χ3n) is 4.19. The Hall–Kier alpha value is -2.04. The van der Waals surface area contributed by atoms with Gasteiger partial charge >= 0.3 is 11.9 Å². The largest absolute Gasteiger partial charge is 0.491 e. The van der Waals surface area contributed by atoms with E-state index in [2.05, 4.69) is 0 Å². The second kappa shape index (κ2) is 9.60. The van der Waals surface area contributed by atoms with Crippen LogP contribution < -0.4 is 4.74 Å². The molecule has 0 saturated carbocycles. The van der Waals surface area contributed by atoms with Crippen LogP contribution in [-0.4, -0.2) is 28.3 Å². The second-order valence-corrected chi connectivity index (χ2v) is 8.00. The van der Waals surface area contributed by atoms with E-state index in [0.717, 1.165) is 0 Å². The zero-order chi connectivity index (χ0) is 20.0. The quantitative estimate of drug-likeness (QED) is 0.617. The van der Waals surface area contributed by atoms with Crippen LogP contribution in [0.4, 0.5) is 0 Å². The zero-order valence-electron chi connectivity index (χ0n) is 16.7. The molecule has 1 rings (SSSR count). The van der Waals surface area contributed by atoms with Crippen LogP contribution in [0.2, 0.25) is 0 Å². The third-order valence-corrected chi connectivity index (χ3v) is 4.19. The van der Waals surface area contributed by atoms with Crippen LogP contribution in [0.1, 0.15) is 77.3 Å². The van der Waals surface area contributed by atoms with Crippen LogP contribution in [0, 0.1) is 11.8 Å². The molecule has 26 heavy (non-hydrogen) atoms.